The predicted octanol–water partition coefficient (Wildman–Crippen LogP) is 7.78. The van der Waals surface area contributed by atoms with Gasteiger partial charge in [0, 0.05) is 16.3 Å². The van der Waals surface area contributed by atoms with Gasteiger partial charge in [-0.3, -0.25) is 0 Å². The summed E-state index contributed by atoms with van der Waals surface area (Å²) in [5.41, 5.74) is 4.87. The van der Waals surface area contributed by atoms with Crippen molar-refractivity contribution < 1.29 is 19.7 Å². The number of rotatable bonds is 4. The van der Waals surface area contributed by atoms with Crippen LogP contribution in [0.2, 0.25) is 0 Å². The Morgan fingerprint density at radius 3 is 2.05 bits per heavy atom. The number of aromatic nitrogens is 1. The van der Waals surface area contributed by atoms with Crippen molar-refractivity contribution in [1.29, 1.82) is 0 Å². The number of nitrogens with zero attached hydrogens (tertiary/aromatic N) is 1. The molecule has 2 N–H and O–H groups in total. The molecule has 0 saturated heterocycles. The number of hydrogen-bond donors (Lipinski definition) is 2. The molecule has 0 unspecified atom stereocenters. The van der Waals surface area contributed by atoms with Gasteiger partial charge in [-0.15, -0.1) is 0 Å². The topological polar surface area (TPSA) is 79.7 Å². The molecule has 5 nitrogen and oxygen atoms in total. The SMILES string of the molecule is Cc1ccc(-c2c([C@H](OC(C)(C)C)C(=O)O)c(C)c3nc(O)c4cc5ccccc5cc4c3c2C)cc1. The zero-order valence-corrected chi connectivity index (χ0v) is 22.0. The van der Waals surface area contributed by atoms with Gasteiger partial charge in [0.25, 0.3) is 0 Å². The van der Waals surface area contributed by atoms with E-state index in [4.69, 9.17) is 4.74 Å². The lowest BCUT2D eigenvalue weighted by Crippen LogP contribution is -2.28. The Morgan fingerprint density at radius 2 is 1.49 bits per heavy atom. The molecular formula is C32H31NO4. The summed E-state index contributed by atoms with van der Waals surface area (Å²) in [7, 11) is 0. The standard InChI is InChI=1S/C32H31NO4/c1-17-11-13-20(14-12-17)25-18(2)26-23-15-21-9-7-8-10-22(21)16-24(23)30(34)33-28(26)19(3)27(25)29(31(35)36)37-32(4,5)6/h7-16,29H,1-6H3,(H,33,34)(H,35,36)/t29-/m0/s1. The number of hydrogen-bond acceptors (Lipinski definition) is 4. The molecule has 0 aliphatic rings. The molecule has 0 amide bonds. The van der Waals surface area contributed by atoms with E-state index in [1.807, 2.05) is 96.1 Å². The second kappa shape index (κ2) is 8.86. The fourth-order valence-electron chi connectivity index (χ4n) is 5.28. The minimum atomic E-state index is -1.21. The predicted molar refractivity (Wildman–Crippen MR) is 149 cm³/mol. The highest BCUT2D eigenvalue weighted by molar-refractivity contribution is 6.16. The number of benzene rings is 4. The van der Waals surface area contributed by atoms with Crippen LogP contribution in [0.4, 0.5) is 0 Å². The Morgan fingerprint density at radius 1 is 0.892 bits per heavy atom. The second-order valence-corrected chi connectivity index (χ2v) is 10.8. The van der Waals surface area contributed by atoms with E-state index in [1.54, 1.807) is 0 Å². The Balaban J connectivity index is 1.98. The Labute approximate surface area is 216 Å². The third kappa shape index (κ3) is 4.30. The summed E-state index contributed by atoms with van der Waals surface area (Å²) in [4.78, 5) is 17.3. The van der Waals surface area contributed by atoms with E-state index in [2.05, 4.69) is 11.1 Å². The summed E-state index contributed by atoms with van der Waals surface area (Å²) in [5, 5.41) is 25.9. The van der Waals surface area contributed by atoms with E-state index in [0.29, 0.717) is 22.0 Å². The van der Waals surface area contributed by atoms with Crippen LogP contribution in [0.25, 0.3) is 43.6 Å². The fourth-order valence-corrected chi connectivity index (χ4v) is 5.28. The molecule has 0 fully saturated rings. The van der Waals surface area contributed by atoms with Gasteiger partial charge in [-0.2, -0.15) is 0 Å². The Hall–Kier alpha value is -3.96. The van der Waals surface area contributed by atoms with Crippen LogP contribution in [0.1, 0.15) is 49.1 Å². The van der Waals surface area contributed by atoms with E-state index in [1.165, 1.54) is 0 Å². The van der Waals surface area contributed by atoms with Crippen LogP contribution in [0.3, 0.4) is 0 Å². The number of fused-ring (bicyclic) bond motifs is 4. The fraction of sp³-hybridized carbons (Fsp3) is 0.250. The lowest BCUT2D eigenvalue weighted by atomic mass is 9.84. The third-order valence-corrected chi connectivity index (χ3v) is 6.93. The zero-order valence-electron chi connectivity index (χ0n) is 22.0. The molecule has 0 saturated carbocycles. The highest BCUT2D eigenvalue weighted by Gasteiger charge is 2.33. The average molecular weight is 494 g/mol. The van der Waals surface area contributed by atoms with Crippen LogP contribution >= 0.6 is 0 Å². The Kier molecular flexibility index (Phi) is 5.92. The van der Waals surface area contributed by atoms with Crippen LogP contribution in [-0.4, -0.2) is 26.8 Å². The number of aryl methyl sites for hydroxylation is 3. The van der Waals surface area contributed by atoms with Gasteiger partial charge in [-0.25, -0.2) is 9.78 Å². The van der Waals surface area contributed by atoms with Gasteiger partial charge in [0.1, 0.15) is 0 Å². The van der Waals surface area contributed by atoms with Crippen molar-refractivity contribution in [3.8, 4) is 17.0 Å². The van der Waals surface area contributed by atoms with Gasteiger partial charge in [0.05, 0.1) is 11.1 Å². The summed E-state index contributed by atoms with van der Waals surface area (Å²) < 4.78 is 6.14. The average Bonchev–Trinajstić information content (AvgIpc) is 2.84. The summed E-state index contributed by atoms with van der Waals surface area (Å²) in [6.45, 7) is 11.4. The molecule has 5 rings (SSSR count). The molecular weight excluding hydrogens is 462 g/mol. The van der Waals surface area contributed by atoms with Crippen molar-refractivity contribution in [3.05, 3.63) is 82.9 Å². The molecule has 1 heterocycles. The van der Waals surface area contributed by atoms with Crippen molar-refractivity contribution in [1.82, 2.24) is 4.98 Å². The van der Waals surface area contributed by atoms with Crippen LogP contribution < -0.4 is 0 Å². The maximum Gasteiger partial charge on any atom is 0.337 e. The van der Waals surface area contributed by atoms with Crippen molar-refractivity contribution in [3.63, 3.8) is 0 Å². The summed E-state index contributed by atoms with van der Waals surface area (Å²) in [6, 6.07) is 20.2. The number of aliphatic carboxylic acids is 1. The van der Waals surface area contributed by atoms with Crippen molar-refractivity contribution in [2.24, 2.45) is 0 Å². The summed E-state index contributed by atoms with van der Waals surface area (Å²) in [6.07, 6.45) is -1.21. The first kappa shape index (κ1) is 24.7. The number of carboxylic acid groups (broad SMARTS) is 1. The first-order valence-electron chi connectivity index (χ1n) is 12.4. The van der Waals surface area contributed by atoms with Gasteiger partial charge in [-0.05, 0) is 92.1 Å². The van der Waals surface area contributed by atoms with Gasteiger partial charge in [0.2, 0.25) is 5.88 Å². The molecule has 1 atom stereocenters. The maximum atomic E-state index is 12.6. The highest BCUT2D eigenvalue weighted by atomic mass is 16.5. The van der Waals surface area contributed by atoms with Crippen LogP contribution in [-0.2, 0) is 9.53 Å². The third-order valence-electron chi connectivity index (χ3n) is 6.93. The quantitative estimate of drug-likeness (QED) is 0.197. The maximum absolute atomic E-state index is 12.6. The lowest BCUT2D eigenvalue weighted by molar-refractivity contribution is -0.160. The molecule has 4 aromatic carbocycles. The van der Waals surface area contributed by atoms with Crippen molar-refractivity contribution in [2.45, 2.75) is 53.2 Å². The number of carbonyl (C=O) groups is 1. The molecule has 188 valence electrons. The van der Waals surface area contributed by atoms with Crippen LogP contribution in [0.15, 0.2) is 60.7 Å². The second-order valence-electron chi connectivity index (χ2n) is 10.8. The van der Waals surface area contributed by atoms with Crippen LogP contribution in [0.5, 0.6) is 5.88 Å². The molecule has 5 heteroatoms. The highest BCUT2D eigenvalue weighted by Crippen LogP contribution is 2.45. The minimum absolute atomic E-state index is 0.0756. The van der Waals surface area contributed by atoms with Gasteiger partial charge < -0.3 is 14.9 Å². The molecule has 0 bridgehead atoms. The number of carboxylic acids is 1. The first-order chi connectivity index (χ1) is 17.5. The molecule has 1 aromatic heterocycles. The largest absolute Gasteiger partial charge is 0.493 e. The number of aromatic hydroxyl groups is 1. The van der Waals surface area contributed by atoms with Gasteiger partial charge in [0.15, 0.2) is 6.10 Å². The monoisotopic (exact) mass is 493 g/mol. The molecule has 0 spiro atoms. The van der Waals surface area contributed by atoms with Crippen molar-refractivity contribution in [2.75, 3.05) is 0 Å². The van der Waals surface area contributed by atoms with E-state index >= 15 is 0 Å². The minimum Gasteiger partial charge on any atom is -0.493 e. The summed E-state index contributed by atoms with van der Waals surface area (Å²) in [5.74, 6) is -1.14. The molecule has 0 radical (unpaired) electrons. The van der Waals surface area contributed by atoms with Gasteiger partial charge >= 0.3 is 5.97 Å². The molecule has 5 aromatic rings. The van der Waals surface area contributed by atoms with E-state index in [0.717, 1.165) is 43.8 Å². The van der Waals surface area contributed by atoms with E-state index in [-0.39, 0.29) is 5.88 Å². The smallest absolute Gasteiger partial charge is 0.337 e. The number of pyridine rings is 1. The van der Waals surface area contributed by atoms with Gasteiger partial charge in [-0.1, -0.05) is 54.1 Å². The molecule has 0 aliphatic carbocycles. The van der Waals surface area contributed by atoms with E-state index in [9.17, 15) is 15.0 Å². The summed E-state index contributed by atoms with van der Waals surface area (Å²) >= 11 is 0. The van der Waals surface area contributed by atoms with E-state index < -0.39 is 17.7 Å². The number of ether oxygens (including phenoxy) is 1. The Bertz CT molecular complexity index is 1700. The molecule has 37 heavy (non-hydrogen) atoms. The lowest BCUT2D eigenvalue weighted by Gasteiger charge is -2.29. The molecule has 0 aliphatic heterocycles. The van der Waals surface area contributed by atoms with Crippen molar-refractivity contribution >= 4 is 38.4 Å². The first-order valence-corrected chi connectivity index (χ1v) is 12.4. The zero-order chi connectivity index (χ0) is 26.6. The van der Waals surface area contributed by atoms with Crippen LogP contribution in [0, 0.1) is 20.8 Å². The normalized spacial score (nSPS) is 12.9.